The smallest absolute Gasteiger partial charge is 0.262 e. The Hall–Kier alpha value is -3.11. The van der Waals surface area contributed by atoms with Crippen LogP contribution in [0.15, 0.2) is 59.7 Å². The highest BCUT2D eigenvalue weighted by Crippen LogP contribution is 2.32. The Morgan fingerprint density at radius 1 is 0.923 bits per heavy atom. The molecule has 1 fully saturated rings. The molecule has 0 radical (unpaired) electrons. The minimum absolute atomic E-state index is 0.111. The summed E-state index contributed by atoms with van der Waals surface area (Å²) in [5.74, 6) is 1.06. The number of hydrogen-bond donors (Lipinski definition) is 0. The molecule has 2 aliphatic heterocycles. The first-order valence-corrected chi connectivity index (χ1v) is 14.7. The fraction of sp³-hybridized carbons (Fsp3) is 0.433. The molecule has 1 saturated heterocycles. The second-order valence-corrected chi connectivity index (χ2v) is 11.5. The van der Waals surface area contributed by atoms with Crippen molar-refractivity contribution in [2.24, 2.45) is 0 Å². The first kappa shape index (κ1) is 26.1. The molecule has 0 bridgehead atoms. The normalized spacial score (nSPS) is 16.6. The Morgan fingerprint density at radius 2 is 1.77 bits per heavy atom. The average Bonchev–Trinajstić information content (AvgIpc) is 3.34. The molecule has 39 heavy (non-hydrogen) atoms. The third-order valence-corrected chi connectivity index (χ3v) is 8.92. The number of aryl methyl sites for hydroxylation is 1. The summed E-state index contributed by atoms with van der Waals surface area (Å²) in [6, 6.07) is 16.5. The quantitative estimate of drug-likeness (QED) is 0.299. The number of pyridine rings is 1. The molecule has 5 heterocycles. The molecule has 0 atom stereocenters. The van der Waals surface area contributed by atoms with E-state index in [-0.39, 0.29) is 5.56 Å². The van der Waals surface area contributed by atoms with Crippen LogP contribution in [0, 0.1) is 6.92 Å². The Labute approximate surface area is 233 Å². The SMILES string of the molecule is Cc1cccc(N2CCN(CCn3cnc4sc5c(c4c3=O)CCN(CCOCc3ccccc3)C5)CC2)n1. The van der Waals surface area contributed by atoms with Gasteiger partial charge in [0.25, 0.3) is 5.56 Å². The van der Waals surface area contributed by atoms with Gasteiger partial charge in [-0.1, -0.05) is 36.4 Å². The number of rotatable bonds is 9. The van der Waals surface area contributed by atoms with Crippen molar-refractivity contribution >= 4 is 27.4 Å². The molecular formula is C30H36N6O2S. The fourth-order valence-corrected chi connectivity index (χ4v) is 6.75. The third kappa shape index (κ3) is 6.06. The second-order valence-electron chi connectivity index (χ2n) is 10.5. The number of fused-ring (bicyclic) bond motifs is 3. The summed E-state index contributed by atoms with van der Waals surface area (Å²) in [7, 11) is 0. The largest absolute Gasteiger partial charge is 0.375 e. The highest BCUT2D eigenvalue weighted by molar-refractivity contribution is 7.18. The molecule has 6 rings (SSSR count). The van der Waals surface area contributed by atoms with Gasteiger partial charge in [-0.25, -0.2) is 9.97 Å². The van der Waals surface area contributed by atoms with Crippen LogP contribution in [0.1, 0.15) is 21.7 Å². The molecule has 0 spiro atoms. The van der Waals surface area contributed by atoms with Crippen LogP contribution in [-0.4, -0.2) is 76.8 Å². The van der Waals surface area contributed by atoms with Crippen molar-refractivity contribution in [3.8, 4) is 0 Å². The van der Waals surface area contributed by atoms with Crippen LogP contribution in [0.4, 0.5) is 5.82 Å². The summed E-state index contributed by atoms with van der Waals surface area (Å²) in [4.78, 5) is 32.2. The van der Waals surface area contributed by atoms with Gasteiger partial charge in [0.15, 0.2) is 0 Å². The molecule has 204 valence electrons. The van der Waals surface area contributed by atoms with E-state index in [4.69, 9.17) is 9.72 Å². The van der Waals surface area contributed by atoms with Crippen molar-refractivity contribution in [1.82, 2.24) is 24.3 Å². The van der Waals surface area contributed by atoms with Crippen molar-refractivity contribution in [2.45, 2.75) is 33.0 Å². The minimum Gasteiger partial charge on any atom is -0.375 e. The summed E-state index contributed by atoms with van der Waals surface area (Å²) in [5, 5.41) is 0.841. The lowest BCUT2D eigenvalue weighted by atomic mass is 10.1. The summed E-state index contributed by atoms with van der Waals surface area (Å²) in [6.45, 7) is 11.5. The molecule has 9 heteroatoms. The molecule has 4 aromatic rings. The van der Waals surface area contributed by atoms with Gasteiger partial charge in [0.1, 0.15) is 10.6 Å². The molecule has 1 aromatic carbocycles. The van der Waals surface area contributed by atoms with Gasteiger partial charge in [-0.3, -0.25) is 19.2 Å². The van der Waals surface area contributed by atoms with Crippen LogP contribution < -0.4 is 10.5 Å². The van der Waals surface area contributed by atoms with Gasteiger partial charge in [-0.2, -0.15) is 0 Å². The van der Waals surface area contributed by atoms with E-state index in [9.17, 15) is 4.79 Å². The van der Waals surface area contributed by atoms with Crippen LogP contribution in [0.2, 0.25) is 0 Å². The number of piperazine rings is 1. The highest BCUT2D eigenvalue weighted by atomic mass is 32.1. The zero-order chi connectivity index (χ0) is 26.6. The van der Waals surface area contributed by atoms with Gasteiger partial charge in [0.05, 0.1) is 24.9 Å². The zero-order valence-electron chi connectivity index (χ0n) is 22.6. The molecule has 0 unspecified atom stereocenters. The highest BCUT2D eigenvalue weighted by Gasteiger charge is 2.24. The Morgan fingerprint density at radius 3 is 2.59 bits per heavy atom. The van der Waals surface area contributed by atoms with E-state index in [2.05, 4.69) is 43.9 Å². The Bertz CT molecular complexity index is 1460. The third-order valence-electron chi connectivity index (χ3n) is 7.80. The van der Waals surface area contributed by atoms with Crippen LogP contribution in [0.5, 0.6) is 0 Å². The van der Waals surface area contributed by atoms with E-state index in [1.54, 1.807) is 17.7 Å². The van der Waals surface area contributed by atoms with Gasteiger partial charge < -0.3 is 9.64 Å². The summed E-state index contributed by atoms with van der Waals surface area (Å²) >= 11 is 1.68. The molecule has 0 saturated carbocycles. The molecule has 0 aliphatic carbocycles. The van der Waals surface area contributed by atoms with Crippen molar-refractivity contribution < 1.29 is 4.74 Å². The first-order valence-electron chi connectivity index (χ1n) is 13.9. The second kappa shape index (κ2) is 12.0. The minimum atomic E-state index is 0.111. The zero-order valence-corrected chi connectivity index (χ0v) is 23.4. The number of thiophene rings is 1. The van der Waals surface area contributed by atoms with Gasteiger partial charge in [0.2, 0.25) is 0 Å². The van der Waals surface area contributed by atoms with Crippen molar-refractivity contribution in [3.63, 3.8) is 0 Å². The monoisotopic (exact) mass is 544 g/mol. The molecule has 0 amide bonds. The fourth-order valence-electron chi connectivity index (χ4n) is 5.53. The van der Waals surface area contributed by atoms with E-state index in [0.29, 0.717) is 19.8 Å². The number of nitrogens with zero attached hydrogens (tertiary/aromatic N) is 6. The summed E-state index contributed by atoms with van der Waals surface area (Å²) < 4.78 is 7.71. The summed E-state index contributed by atoms with van der Waals surface area (Å²) in [5.41, 5.74) is 3.57. The van der Waals surface area contributed by atoms with E-state index < -0.39 is 0 Å². The maximum Gasteiger partial charge on any atom is 0.262 e. The van der Waals surface area contributed by atoms with E-state index in [1.165, 1.54) is 16.0 Å². The van der Waals surface area contributed by atoms with E-state index >= 15 is 0 Å². The maximum absolute atomic E-state index is 13.5. The maximum atomic E-state index is 13.5. The molecular weight excluding hydrogens is 508 g/mol. The van der Waals surface area contributed by atoms with E-state index in [0.717, 1.165) is 80.5 Å². The first-order chi connectivity index (χ1) is 19.1. The molecule has 2 aliphatic rings. The average molecular weight is 545 g/mol. The lowest BCUT2D eigenvalue weighted by molar-refractivity contribution is 0.0891. The Kier molecular flexibility index (Phi) is 8.01. The van der Waals surface area contributed by atoms with Gasteiger partial charge in [0, 0.05) is 69.5 Å². The standard InChI is InChI=1S/C30H36N6O2S/c1-23-6-5-9-27(32-23)35-15-12-33(13-16-35)14-17-36-22-31-29-28(30(36)37)25-10-11-34(20-26(25)39-29)18-19-38-21-24-7-3-2-4-8-24/h2-9,22H,10-21H2,1H3. The number of hydrogen-bond acceptors (Lipinski definition) is 8. The molecule has 0 N–H and O–H groups in total. The van der Waals surface area contributed by atoms with Gasteiger partial charge >= 0.3 is 0 Å². The predicted octanol–water partition coefficient (Wildman–Crippen LogP) is 3.56. The van der Waals surface area contributed by atoms with Crippen LogP contribution >= 0.6 is 11.3 Å². The van der Waals surface area contributed by atoms with Gasteiger partial charge in [-0.05, 0) is 36.6 Å². The van der Waals surface area contributed by atoms with Crippen LogP contribution in [0.25, 0.3) is 10.2 Å². The van der Waals surface area contributed by atoms with E-state index in [1.807, 2.05) is 35.8 Å². The van der Waals surface area contributed by atoms with Crippen molar-refractivity contribution in [2.75, 3.05) is 57.3 Å². The molecule has 3 aromatic heterocycles. The van der Waals surface area contributed by atoms with Crippen molar-refractivity contribution in [1.29, 1.82) is 0 Å². The number of anilines is 1. The lowest BCUT2D eigenvalue weighted by Gasteiger charge is -2.35. The Balaban J connectivity index is 1.03. The van der Waals surface area contributed by atoms with Crippen molar-refractivity contribution in [3.05, 3.63) is 86.9 Å². The van der Waals surface area contributed by atoms with Crippen LogP contribution in [-0.2, 0) is 30.9 Å². The van der Waals surface area contributed by atoms with Crippen LogP contribution in [0.3, 0.4) is 0 Å². The molecule has 8 nitrogen and oxygen atoms in total. The summed E-state index contributed by atoms with van der Waals surface area (Å²) in [6.07, 6.45) is 2.64. The topological polar surface area (TPSA) is 66.7 Å². The van der Waals surface area contributed by atoms with Gasteiger partial charge in [-0.15, -0.1) is 11.3 Å². The predicted molar refractivity (Wildman–Crippen MR) is 157 cm³/mol. The number of ether oxygens (including phenoxy) is 1. The number of benzene rings is 1. The number of aromatic nitrogens is 3. The lowest BCUT2D eigenvalue weighted by Crippen LogP contribution is -2.47.